The molecule has 0 spiro atoms. The fourth-order valence-electron chi connectivity index (χ4n) is 2.51. The lowest BCUT2D eigenvalue weighted by atomic mass is 12.0. The minimum Gasteiger partial charge on any atom is -0.185 e. The molecular formula is CH60N3P51S3. The van der Waals surface area contributed by atoms with Crippen molar-refractivity contribution in [3.8, 4) is 0 Å². The molecule has 0 bridgehead atoms. The second-order valence-corrected chi connectivity index (χ2v) is 203. The predicted octanol–water partition coefficient (Wildman–Crippen LogP) is 30.9. The van der Waals surface area contributed by atoms with Gasteiger partial charge in [0.15, 0.2) is 0 Å². The van der Waals surface area contributed by atoms with Crippen molar-refractivity contribution in [2.45, 2.75) is 7.43 Å². The summed E-state index contributed by atoms with van der Waals surface area (Å²) >= 11 is 15.8. The van der Waals surface area contributed by atoms with Crippen molar-refractivity contribution < 1.29 is 1.43 Å². The average Bonchev–Trinajstić information content (AvgIpc) is 3.07. The van der Waals surface area contributed by atoms with E-state index in [9.17, 15) is 0 Å². The highest BCUT2D eigenvalue weighted by Crippen LogP contribution is 3.27. The molecule has 0 fully saturated rings. The van der Waals surface area contributed by atoms with Crippen LogP contribution >= 0.6 is 410 Å². The van der Waals surface area contributed by atoms with Gasteiger partial charge < -0.3 is 0 Å². The highest BCUT2D eigenvalue weighted by molar-refractivity contribution is 9.30. The van der Waals surface area contributed by atoms with Crippen molar-refractivity contribution in [3.63, 3.8) is 0 Å². The first-order valence-corrected chi connectivity index (χ1v) is 104. The second kappa shape index (κ2) is 52.1. The van der Waals surface area contributed by atoms with Gasteiger partial charge in [0.1, 0.15) is 0 Å². The van der Waals surface area contributed by atoms with E-state index in [1.807, 2.05) is 0 Å². The Morgan fingerprint density at radius 3 is 0.724 bits per heavy atom. The van der Waals surface area contributed by atoms with Crippen LogP contribution in [0, 0.1) is 0 Å². The van der Waals surface area contributed by atoms with Gasteiger partial charge in [0.2, 0.25) is 0 Å². The van der Waals surface area contributed by atoms with Crippen molar-refractivity contribution in [2.75, 3.05) is 0 Å². The van der Waals surface area contributed by atoms with Crippen LogP contribution in [0.4, 0.5) is 0 Å². The minimum atomic E-state index is -0.347. The maximum atomic E-state index is 5.30. The third-order valence-electron chi connectivity index (χ3n) is 4.29. The Hall–Kier alpha value is 22.0. The van der Waals surface area contributed by atoms with Crippen LogP contribution in [0.2, 0.25) is 0 Å². The zero-order chi connectivity index (χ0) is 45.8. The first-order valence-electron chi connectivity index (χ1n) is 12.4. The van der Waals surface area contributed by atoms with Crippen LogP contribution < -0.4 is 0 Å². The lowest BCUT2D eigenvalue weighted by molar-refractivity contribution is 2.10. The molecule has 0 heterocycles. The topological polar surface area (TPSA) is 37.1 Å². The van der Waals surface area contributed by atoms with Crippen molar-refractivity contribution >= 4 is 447 Å². The molecule has 0 aromatic heterocycles. The molecule has 0 rings (SSSR count). The Morgan fingerprint density at radius 1 is 0.310 bits per heavy atom. The van der Waals surface area contributed by atoms with Gasteiger partial charge in [0.25, 0.3) is 0 Å². The molecule has 0 N–H and O–H groups in total. The van der Waals surface area contributed by atoms with Crippen LogP contribution in [0.25, 0.3) is 0 Å². The molecule has 0 aromatic rings. The van der Waals surface area contributed by atoms with Gasteiger partial charge >= 0.3 is 0 Å². The molecule has 37 atom stereocenters. The summed E-state index contributed by atoms with van der Waals surface area (Å²) in [6, 6.07) is 0. The van der Waals surface area contributed by atoms with E-state index in [1.54, 1.807) is 0 Å². The third kappa shape index (κ3) is 36.9. The largest absolute Gasteiger partial charge is 0.185 e. The van der Waals surface area contributed by atoms with Crippen LogP contribution in [-0.2, 0) is 37.3 Å². The van der Waals surface area contributed by atoms with Crippen LogP contribution in [0.1, 0.15) is 8.85 Å². The summed E-state index contributed by atoms with van der Waals surface area (Å²) in [5.74, 6) is 0. The quantitative estimate of drug-likeness (QED) is 0.0855. The van der Waals surface area contributed by atoms with Crippen LogP contribution in [0.15, 0.2) is 12.4 Å². The highest BCUT2D eigenvalue weighted by Gasteiger charge is 2.42. The monoisotopic (exact) mass is 1790 g/mol. The third-order valence-corrected chi connectivity index (χ3v) is 309. The smallest absolute Gasteiger partial charge is 0.0989 e. The number of nitrogens with zero attached hydrogens (tertiary/aromatic N) is 3. The Balaban J connectivity index is -0.000000243. The molecule has 3 nitrogen and oxygen atoms in total. The molecule has 57 heteroatoms. The van der Waals surface area contributed by atoms with Crippen molar-refractivity contribution in [1.29, 1.82) is 0 Å². The summed E-state index contributed by atoms with van der Waals surface area (Å²) in [6.07, 6.45) is 0. The van der Waals surface area contributed by atoms with Gasteiger partial charge in [-0.1, -0.05) is 23.3 Å². The summed E-state index contributed by atoms with van der Waals surface area (Å²) in [5, 5.41) is 0. The van der Waals surface area contributed by atoms with E-state index in [2.05, 4.69) is 245 Å². The van der Waals surface area contributed by atoms with E-state index in [-0.39, 0.29) is 171 Å². The first-order chi connectivity index (χ1) is 26.1. The molecule has 0 amide bonds. The molecule has 58 heavy (non-hydrogen) atoms. The summed E-state index contributed by atoms with van der Waals surface area (Å²) < 4.78 is 13.6. The van der Waals surface area contributed by atoms with E-state index < -0.39 is 0 Å². The van der Waals surface area contributed by atoms with E-state index >= 15 is 0 Å². The molecule has 0 radical (unpaired) electrons. The Morgan fingerprint density at radius 2 is 0.552 bits per heavy atom. The molecule has 37 unspecified atom stereocenters. The SMILES string of the molecule is C.PP(P)P(P)P(P(P)P)P(N=S)P(P(P)P)P(P)P.PPP(P(P)P)P(P(P)P)P(N=S)P(P(P)P)P(P)P.PPP(P)P(P(P)P)P(N=S)P(P(P)P)P(P)P.[3HH]. The second-order valence-electron chi connectivity index (χ2n) is 8.05. The van der Waals surface area contributed by atoms with Crippen LogP contribution in [-0.4, -0.2) is 0 Å². The number of hydrogen-bond acceptors (Lipinski definition) is 6. The normalized spacial score (nSPS) is 17.6. The van der Waals surface area contributed by atoms with Gasteiger partial charge in [-0.05, 0) is 97.8 Å². The van der Waals surface area contributed by atoms with Gasteiger partial charge in [-0.2, -0.15) is 12.4 Å². The summed E-state index contributed by atoms with van der Waals surface area (Å²) in [7, 11) is 80.0. The molecule has 0 saturated carbocycles. The maximum Gasteiger partial charge on any atom is 0.0989 e. The highest BCUT2D eigenvalue weighted by atomic mass is 33.3. The molecule has 0 aliphatic heterocycles. The Bertz CT molecular complexity index is 1010. The lowest BCUT2D eigenvalue weighted by Gasteiger charge is -2.40. The van der Waals surface area contributed by atoms with Gasteiger partial charge in [0.05, 0.1) is 22.3 Å². The maximum absolute atomic E-state index is 5.30. The van der Waals surface area contributed by atoms with Gasteiger partial charge in [-0.15, -0.1) is 232 Å². The zero-order valence-corrected chi connectivity index (χ0v) is 83.9. The average molecular weight is 1790 g/mol. The summed E-state index contributed by atoms with van der Waals surface area (Å²) in [6.45, 7) is -1.22. The molecule has 0 aliphatic rings. The summed E-state index contributed by atoms with van der Waals surface area (Å²) in [5.41, 5.74) is 0. The minimum absolute atomic E-state index is 0. The van der Waals surface area contributed by atoms with E-state index in [4.69, 9.17) is 37.3 Å². The number of hydrogen-bond donors (Lipinski definition) is 0. The Kier molecular flexibility index (Phi) is 77.7. The molecule has 0 aromatic carbocycles. The fourth-order valence-corrected chi connectivity index (χ4v) is 492. The van der Waals surface area contributed by atoms with E-state index in [0.717, 1.165) is 15.9 Å². The molecule has 0 saturated heterocycles. The van der Waals surface area contributed by atoms with Crippen molar-refractivity contribution in [1.82, 2.24) is 0 Å². The zero-order valence-electron chi connectivity index (χ0n) is 28.9. The van der Waals surface area contributed by atoms with E-state index in [1.165, 1.54) is 0 Å². The molecular weight excluding hydrogens is 1730 g/mol. The van der Waals surface area contributed by atoms with Crippen LogP contribution in [0.3, 0.4) is 0 Å². The van der Waals surface area contributed by atoms with Crippen molar-refractivity contribution in [3.05, 3.63) is 0 Å². The van der Waals surface area contributed by atoms with Gasteiger partial charge in [-0.3, -0.25) is 0 Å². The van der Waals surface area contributed by atoms with Crippen LogP contribution in [0.5, 0.6) is 0 Å². The molecule has 352 valence electrons. The fraction of sp³-hybridized carbons (Fsp3) is 1.00. The lowest BCUT2D eigenvalue weighted by Crippen LogP contribution is -1.58. The van der Waals surface area contributed by atoms with Gasteiger partial charge in [0, 0.05) is 80.6 Å². The van der Waals surface area contributed by atoms with Gasteiger partial charge in [-0.25, -0.2) is 0 Å². The summed E-state index contributed by atoms with van der Waals surface area (Å²) in [4.78, 5) is 0. The first kappa shape index (κ1) is 86.4. The molecule has 0 aliphatic carbocycles. The standard InChI is InChI=1S/CH4.H19NP18S.H18NP17S.H17NP16S.H2/c;2-11-17(13(3)4)19(16(9)10)12(1-20)18(14(5)6)15(7)8;2-12(3)16(10)18(15(8)9)11(1-19)17(13(4)5)14(6)7;2-10-15(9)17(14(7)8)11(1-18)16(12(3)4)13(5)6;/h1H4;11H,2-10H2;2-10H2;10H,2-9H2;1H/i;;;;1+2. The van der Waals surface area contributed by atoms with E-state index in [0.29, 0.717) is 0 Å². The van der Waals surface area contributed by atoms with Crippen molar-refractivity contribution in [2.24, 2.45) is 12.4 Å². The number of rotatable bonds is 25. The predicted molar refractivity (Wildman–Crippen MR) is 466 cm³/mol. The Labute approximate surface area is 462 Å².